The van der Waals surface area contributed by atoms with E-state index in [0.717, 1.165) is 0 Å². The Kier molecular flexibility index (Phi) is 8.21. The summed E-state index contributed by atoms with van der Waals surface area (Å²) in [7, 11) is 3.31. The Morgan fingerprint density at radius 1 is 1.08 bits per heavy atom. The fourth-order valence-electron chi connectivity index (χ4n) is 2.15. The van der Waals surface area contributed by atoms with Gasteiger partial charge >= 0.3 is 0 Å². The van der Waals surface area contributed by atoms with E-state index in [4.69, 9.17) is 9.47 Å². The Morgan fingerprint density at radius 3 is 2.28 bits per heavy atom. The molecule has 0 aliphatic carbocycles. The molecule has 0 atom stereocenters. The zero-order valence-corrected chi connectivity index (χ0v) is 15.7. The van der Waals surface area contributed by atoms with Gasteiger partial charge in [-0.25, -0.2) is 0 Å². The summed E-state index contributed by atoms with van der Waals surface area (Å²) >= 11 is 0. The molecule has 1 aromatic carbocycles. The highest BCUT2D eigenvalue weighted by atomic mass is 16.5. The largest absolute Gasteiger partial charge is 0.493 e. The van der Waals surface area contributed by atoms with Crippen LogP contribution in [0.1, 0.15) is 20.8 Å². The summed E-state index contributed by atoms with van der Waals surface area (Å²) in [6.07, 6.45) is 0. The van der Waals surface area contributed by atoms with E-state index in [1.807, 2.05) is 45.0 Å². The van der Waals surface area contributed by atoms with E-state index < -0.39 is 0 Å². The Morgan fingerprint density at radius 2 is 1.68 bits per heavy atom. The fourth-order valence-corrected chi connectivity index (χ4v) is 2.15. The number of likely N-dealkylation sites (N-methyl/N-ethyl adjacent to an activating group) is 1. The first-order valence-corrected chi connectivity index (χ1v) is 8.23. The van der Waals surface area contributed by atoms with Crippen LogP contribution in [-0.2, 0) is 9.59 Å². The van der Waals surface area contributed by atoms with E-state index in [1.165, 1.54) is 0 Å². The van der Waals surface area contributed by atoms with Crippen LogP contribution in [0.3, 0.4) is 0 Å². The van der Waals surface area contributed by atoms with Crippen molar-refractivity contribution in [3.8, 4) is 11.5 Å². The molecule has 0 aliphatic rings. The van der Waals surface area contributed by atoms with E-state index in [0.29, 0.717) is 24.7 Å². The number of hydrogen-bond donors (Lipinski definition) is 2. The van der Waals surface area contributed by atoms with E-state index in [1.54, 1.807) is 19.1 Å². The average Bonchev–Trinajstić information content (AvgIpc) is 2.49. The van der Waals surface area contributed by atoms with Crippen LogP contribution in [0.2, 0.25) is 0 Å². The lowest BCUT2D eigenvalue weighted by Gasteiger charge is -2.23. The molecule has 2 N–H and O–H groups in total. The maximum Gasteiger partial charge on any atom is 0.234 e. The average molecular weight is 351 g/mol. The number of methoxy groups -OCH3 is 1. The van der Waals surface area contributed by atoms with Crippen LogP contribution in [0, 0.1) is 0 Å². The third-order valence-corrected chi connectivity index (χ3v) is 3.09. The SMILES string of the molecule is COc1ccccc1OCCNC(=O)CN(C)CC(=O)NC(C)(C)C. The first-order valence-electron chi connectivity index (χ1n) is 8.23. The van der Waals surface area contributed by atoms with Crippen molar-refractivity contribution in [1.29, 1.82) is 0 Å². The molecule has 0 aliphatic heterocycles. The van der Waals surface area contributed by atoms with Crippen LogP contribution in [0.5, 0.6) is 11.5 Å². The number of amides is 2. The Hall–Kier alpha value is -2.28. The van der Waals surface area contributed by atoms with Crippen molar-refractivity contribution in [2.24, 2.45) is 0 Å². The van der Waals surface area contributed by atoms with Gasteiger partial charge in [-0.15, -0.1) is 0 Å². The van der Waals surface area contributed by atoms with Crippen molar-refractivity contribution in [2.45, 2.75) is 26.3 Å². The van der Waals surface area contributed by atoms with Crippen LogP contribution >= 0.6 is 0 Å². The summed E-state index contributed by atoms with van der Waals surface area (Å²) in [5.74, 6) is 1.02. The summed E-state index contributed by atoms with van der Waals surface area (Å²) in [6.45, 7) is 6.77. The Bertz CT molecular complexity index is 570. The molecule has 0 saturated carbocycles. The monoisotopic (exact) mass is 351 g/mol. The minimum absolute atomic E-state index is 0.109. The second-order valence-electron chi connectivity index (χ2n) is 6.82. The van der Waals surface area contributed by atoms with Crippen molar-refractivity contribution in [1.82, 2.24) is 15.5 Å². The van der Waals surface area contributed by atoms with Gasteiger partial charge in [-0.1, -0.05) is 12.1 Å². The molecule has 0 bridgehead atoms. The normalized spacial score (nSPS) is 11.1. The van der Waals surface area contributed by atoms with Gasteiger partial charge in [0.2, 0.25) is 11.8 Å². The summed E-state index contributed by atoms with van der Waals surface area (Å²) in [5.41, 5.74) is -0.282. The zero-order valence-electron chi connectivity index (χ0n) is 15.7. The molecule has 25 heavy (non-hydrogen) atoms. The van der Waals surface area contributed by atoms with E-state index in [9.17, 15) is 9.59 Å². The molecule has 0 unspecified atom stereocenters. The summed E-state index contributed by atoms with van der Waals surface area (Å²) in [5, 5.41) is 5.63. The van der Waals surface area contributed by atoms with Gasteiger partial charge in [-0.2, -0.15) is 0 Å². The van der Waals surface area contributed by atoms with Gasteiger partial charge in [0.25, 0.3) is 0 Å². The van der Waals surface area contributed by atoms with Gasteiger partial charge in [-0.05, 0) is 40.0 Å². The number of para-hydroxylation sites is 2. The molecule has 2 amide bonds. The van der Waals surface area contributed by atoms with Crippen LogP contribution in [0.15, 0.2) is 24.3 Å². The van der Waals surface area contributed by atoms with Gasteiger partial charge < -0.3 is 20.1 Å². The molecule has 0 spiro atoms. The molecule has 0 saturated heterocycles. The molecule has 140 valence electrons. The number of carbonyl (C=O) groups is 2. The Balaban J connectivity index is 2.25. The fraction of sp³-hybridized carbons (Fsp3) is 0.556. The number of benzene rings is 1. The molecule has 0 heterocycles. The van der Waals surface area contributed by atoms with Crippen LogP contribution < -0.4 is 20.1 Å². The quantitative estimate of drug-likeness (QED) is 0.650. The maximum absolute atomic E-state index is 11.9. The highest BCUT2D eigenvalue weighted by Gasteiger charge is 2.16. The molecule has 1 aromatic rings. The molecule has 0 aromatic heterocycles. The molecule has 7 nitrogen and oxygen atoms in total. The van der Waals surface area contributed by atoms with Gasteiger partial charge in [0.05, 0.1) is 26.7 Å². The lowest BCUT2D eigenvalue weighted by atomic mass is 10.1. The topological polar surface area (TPSA) is 79.9 Å². The smallest absolute Gasteiger partial charge is 0.234 e. The highest BCUT2D eigenvalue weighted by molar-refractivity contribution is 5.81. The number of nitrogens with one attached hydrogen (secondary N) is 2. The highest BCUT2D eigenvalue weighted by Crippen LogP contribution is 2.25. The zero-order chi connectivity index (χ0) is 18.9. The first-order chi connectivity index (χ1) is 11.7. The molecular weight excluding hydrogens is 322 g/mol. The number of nitrogens with zero attached hydrogens (tertiary/aromatic N) is 1. The van der Waals surface area contributed by atoms with Crippen molar-refractivity contribution >= 4 is 11.8 Å². The molecule has 0 radical (unpaired) electrons. The van der Waals surface area contributed by atoms with Crippen molar-refractivity contribution in [3.05, 3.63) is 24.3 Å². The maximum atomic E-state index is 11.9. The number of carbonyl (C=O) groups excluding carboxylic acids is 2. The second-order valence-corrected chi connectivity index (χ2v) is 6.82. The van der Waals surface area contributed by atoms with Gasteiger partial charge in [-0.3, -0.25) is 14.5 Å². The van der Waals surface area contributed by atoms with E-state index in [-0.39, 0.29) is 30.4 Å². The third-order valence-electron chi connectivity index (χ3n) is 3.09. The Labute approximate surface area is 149 Å². The molecular formula is C18H29N3O4. The predicted molar refractivity (Wildman–Crippen MR) is 96.9 cm³/mol. The van der Waals surface area contributed by atoms with Gasteiger partial charge in [0, 0.05) is 5.54 Å². The molecule has 7 heteroatoms. The van der Waals surface area contributed by atoms with Crippen LogP contribution in [0.25, 0.3) is 0 Å². The van der Waals surface area contributed by atoms with Crippen LogP contribution in [0.4, 0.5) is 0 Å². The molecule has 1 rings (SSSR count). The summed E-state index contributed by atoms with van der Waals surface area (Å²) in [4.78, 5) is 25.4. The minimum atomic E-state index is -0.282. The first kappa shape index (κ1) is 20.8. The lowest BCUT2D eigenvalue weighted by molar-refractivity contribution is -0.125. The minimum Gasteiger partial charge on any atom is -0.493 e. The summed E-state index contributed by atoms with van der Waals surface area (Å²) < 4.78 is 10.8. The molecule has 0 fully saturated rings. The van der Waals surface area contributed by atoms with Gasteiger partial charge in [0.1, 0.15) is 6.61 Å². The van der Waals surface area contributed by atoms with Gasteiger partial charge in [0.15, 0.2) is 11.5 Å². The lowest BCUT2D eigenvalue weighted by Crippen LogP contribution is -2.47. The number of rotatable bonds is 9. The van der Waals surface area contributed by atoms with Crippen molar-refractivity contribution < 1.29 is 19.1 Å². The van der Waals surface area contributed by atoms with Crippen LogP contribution in [-0.4, -0.2) is 62.7 Å². The standard InChI is InChI=1S/C18H29N3O4/c1-18(2,3)20-17(23)13-21(4)12-16(22)19-10-11-25-15-9-7-6-8-14(15)24-5/h6-9H,10-13H2,1-5H3,(H,19,22)(H,20,23). The predicted octanol–water partition coefficient (Wildman–Crippen LogP) is 1.04. The van der Waals surface area contributed by atoms with Crippen molar-refractivity contribution in [3.63, 3.8) is 0 Å². The second kappa shape index (κ2) is 9.88. The number of hydrogen-bond acceptors (Lipinski definition) is 5. The van der Waals surface area contributed by atoms with Crippen molar-refractivity contribution in [2.75, 3.05) is 40.4 Å². The van der Waals surface area contributed by atoms with E-state index >= 15 is 0 Å². The summed E-state index contributed by atoms with van der Waals surface area (Å²) in [6, 6.07) is 7.33. The third kappa shape index (κ3) is 8.95. The van der Waals surface area contributed by atoms with E-state index in [2.05, 4.69) is 10.6 Å². The number of ether oxygens (including phenoxy) is 2.